The average molecular weight is 405 g/mol. The van der Waals surface area contributed by atoms with E-state index >= 15 is 0 Å². The number of carbonyl (C=O) groups excluding carboxylic acids is 2. The normalized spacial score (nSPS) is 10.9. The van der Waals surface area contributed by atoms with Crippen LogP contribution in [-0.4, -0.2) is 34.7 Å². The van der Waals surface area contributed by atoms with E-state index in [9.17, 15) is 9.59 Å². The summed E-state index contributed by atoms with van der Waals surface area (Å²) >= 11 is 7.62. The Labute approximate surface area is 166 Å². The zero-order valence-corrected chi connectivity index (χ0v) is 16.8. The number of nitrogens with one attached hydrogen (secondary N) is 2. The molecule has 0 spiro atoms. The van der Waals surface area contributed by atoms with E-state index in [2.05, 4.69) is 15.7 Å². The highest BCUT2D eigenvalue weighted by Gasteiger charge is 2.17. The number of rotatable bonds is 7. The van der Waals surface area contributed by atoms with Gasteiger partial charge in [-0.25, -0.2) is 0 Å². The van der Waals surface area contributed by atoms with E-state index in [1.807, 2.05) is 48.9 Å². The van der Waals surface area contributed by atoms with Crippen molar-refractivity contribution in [1.29, 1.82) is 0 Å². The monoisotopic (exact) mass is 404 g/mol. The van der Waals surface area contributed by atoms with E-state index in [4.69, 9.17) is 11.6 Å². The number of benzene rings is 1. The summed E-state index contributed by atoms with van der Waals surface area (Å²) in [5, 5.41) is 11.6. The van der Waals surface area contributed by atoms with Gasteiger partial charge in [0, 0.05) is 17.0 Å². The molecule has 6 nitrogen and oxygen atoms in total. The molecule has 0 saturated carbocycles. The molecule has 3 aromatic rings. The molecular formula is C19H21ClN4O2S. The van der Waals surface area contributed by atoms with Gasteiger partial charge in [0.1, 0.15) is 4.83 Å². The molecule has 3 rings (SSSR count). The number of aryl methyl sites for hydroxylation is 1. The fourth-order valence-electron chi connectivity index (χ4n) is 2.69. The third-order valence-corrected chi connectivity index (χ3v) is 5.61. The van der Waals surface area contributed by atoms with Gasteiger partial charge in [-0.15, -0.1) is 11.3 Å². The molecule has 0 atom stereocenters. The lowest BCUT2D eigenvalue weighted by Crippen LogP contribution is -2.36. The molecule has 0 aliphatic heterocycles. The summed E-state index contributed by atoms with van der Waals surface area (Å²) in [5.41, 5.74) is 1.82. The number of amides is 2. The molecule has 142 valence electrons. The first-order valence-electron chi connectivity index (χ1n) is 8.74. The number of halogens is 1. The van der Waals surface area contributed by atoms with E-state index in [0.717, 1.165) is 27.9 Å². The number of thiophene rings is 1. The average Bonchev–Trinajstić information content (AvgIpc) is 3.21. The maximum atomic E-state index is 12.4. The predicted octanol–water partition coefficient (Wildman–Crippen LogP) is 3.36. The SMILES string of the molecule is CCCNC(=O)CNC(=O)c1cc2c(C)nn(Cc3ccccc3Cl)c2s1. The van der Waals surface area contributed by atoms with Gasteiger partial charge in [-0.1, -0.05) is 36.7 Å². The number of fused-ring (bicyclic) bond motifs is 1. The predicted molar refractivity (Wildman–Crippen MR) is 109 cm³/mol. The second-order valence-corrected chi connectivity index (χ2v) is 7.63. The van der Waals surface area contributed by atoms with Crippen molar-refractivity contribution in [3.8, 4) is 0 Å². The minimum atomic E-state index is -0.258. The largest absolute Gasteiger partial charge is 0.355 e. The topological polar surface area (TPSA) is 76.0 Å². The molecule has 0 fully saturated rings. The van der Waals surface area contributed by atoms with Gasteiger partial charge in [0.15, 0.2) is 0 Å². The Bertz CT molecular complexity index is 979. The molecule has 0 radical (unpaired) electrons. The Hall–Kier alpha value is -2.38. The van der Waals surface area contributed by atoms with E-state index < -0.39 is 0 Å². The Morgan fingerprint density at radius 2 is 2.04 bits per heavy atom. The van der Waals surface area contributed by atoms with Crippen LogP contribution >= 0.6 is 22.9 Å². The smallest absolute Gasteiger partial charge is 0.261 e. The summed E-state index contributed by atoms with van der Waals surface area (Å²) in [6.45, 7) is 5.00. The van der Waals surface area contributed by atoms with Crippen LogP contribution in [-0.2, 0) is 11.3 Å². The van der Waals surface area contributed by atoms with Crippen LogP contribution in [0.4, 0.5) is 0 Å². The number of hydrogen-bond acceptors (Lipinski definition) is 4. The highest BCUT2D eigenvalue weighted by atomic mass is 35.5. The number of nitrogens with zero attached hydrogens (tertiary/aromatic N) is 2. The molecule has 2 aromatic heterocycles. The van der Waals surface area contributed by atoms with Gasteiger partial charge in [0.05, 0.1) is 23.7 Å². The van der Waals surface area contributed by atoms with Crippen LogP contribution in [0.15, 0.2) is 30.3 Å². The summed E-state index contributed by atoms with van der Waals surface area (Å²) < 4.78 is 1.86. The van der Waals surface area contributed by atoms with Gasteiger partial charge < -0.3 is 10.6 Å². The van der Waals surface area contributed by atoms with Crippen LogP contribution < -0.4 is 10.6 Å². The fraction of sp³-hybridized carbons (Fsp3) is 0.316. The van der Waals surface area contributed by atoms with E-state index in [-0.39, 0.29) is 18.4 Å². The molecule has 0 bridgehead atoms. The maximum Gasteiger partial charge on any atom is 0.261 e. The summed E-state index contributed by atoms with van der Waals surface area (Å²) in [5.74, 6) is -0.445. The second-order valence-electron chi connectivity index (χ2n) is 6.20. The van der Waals surface area contributed by atoms with Crippen molar-refractivity contribution in [3.05, 3.63) is 51.5 Å². The summed E-state index contributed by atoms with van der Waals surface area (Å²) in [4.78, 5) is 25.5. The first-order chi connectivity index (χ1) is 13.0. The molecule has 2 N–H and O–H groups in total. The van der Waals surface area contributed by atoms with Gasteiger partial charge in [0.2, 0.25) is 5.91 Å². The second kappa shape index (κ2) is 8.54. The van der Waals surface area contributed by atoms with Crippen molar-refractivity contribution in [2.75, 3.05) is 13.1 Å². The zero-order chi connectivity index (χ0) is 19.4. The number of aromatic nitrogens is 2. The highest BCUT2D eigenvalue weighted by molar-refractivity contribution is 7.20. The van der Waals surface area contributed by atoms with Crippen LogP contribution in [0.25, 0.3) is 10.2 Å². The molecule has 1 aromatic carbocycles. The zero-order valence-electron chi connectivity index (χ0n) is 15.2. The lowest BCUT2D eigenvalue weighted by molar-refractivity contribution is -0.120. The Morgan fingerprint density at radius 1 is 1.26 bits per heavy atom. The van der Waals surface area contributed by atoms with Gasteiger partial charge >= 0.3 is 0 Å². The summed E-state index contributed by atoms with van der Waals surface area (Å²) in [6.07, 6.45) is 0.858. The van der Waals surface area contributed by atoms with Crippen LogP contribution in [0.1, 0.15) is 34.3 Å². The third-order valence-electron chi connectivity index (χ3n) is 4.09. The number of carbonyl (C=O) groups is 2. The van der Waals surface area contributed by atoms with Crippen molar-refractivity contribution in [2.45, 2.75) is 26.8 Å². The van der Waals surface area contributed by atoms with E-state index in [0.29, 0.717) is 23.0 Å². The van der Waals surface area contributed by atoms with Crippen molar-refractivity contribution in [3.63, 3.8) is 0 Å². The molecule has 0 aliphatic carbocycles. The molecule has 0 saturated heterocycles. The Morgan fingerprint density at radius 3 is 2.78 bits per heavy atom. The maximum absolute atomic E-state index is 12.4. The highest BCUT2D eigenvalue weighted by Crippen LogP contribution is 2.29. The van der Waals surface area contributed by atoms with E-state index in [1.54, 1.807) is 0 Å². The molecule has 2 amide bonds. The van der Waals surface area contributed by atoms with Crippen LogP contribution in [0.2, 0.25) is 5.02 Å². The minimum Gasteiger partial charge on any atom is -0.355 e. The first kappa shape index (κ1) is 19.4. The fourth-order valence-corrected chi connectivity index (χ4v) is 3.97. The van der Waals surface area contributed by atoms with Crippen LogP contribution in [0.3, 0.4) is 0 Å². The molecular weight excluding hydrogens is 384 g/mol. The van der Waals surface area contributed by atoms with Gasteiger partial charge in [-0.05, 0) is 31.0 Å². The van der Waals surface area contributed by atoms with Gasteiger partial charge in [0.25, 0.3) is 5.91 Å². The lowest BCUT2D eigenvalue weighted by Gasteiger charge is -2.05. The minimum absolute atomic E-state index is 0.0300. The Kier molecular flexibility index (Phi) is 6.13. The summed E-state index contributed by atoms with van der Waals surface area (Å²) in [6, 6.07) is 9.46. The van der Waals surface area contributed by atoms with Crippen molar-refractivity contribution < 1.29 is 9.59 Å². The van der Waals surface area contributed by atoms with Gasteiger partial charge in [-0.2, -0.15) is 5.10 Å². The van der Waals surface area contributed by atoms with Gasteiger partial charge in [-0.3, -0.25) is 14.3 Å². The number of hydrogen-bond donors (Lipinski definition) is 2. The quantitative estimate of drug-likeness (QED) is 0.634. The lowest BCUT2D eigenvalue weighted by atomic mass is 10.2. The van der Waals surface area contributed by atoms with Crippen molar-refractivity contribution >= 4 is 45.0 Å². The van der Waals surface area contributed by atoms with Crippen molar-refractivity contribution in [1.82, 2.24) is 20.4 Å². The Balaban J connectivity index is 1.76. The van der Waals surface area contributed by atoms with Crippen LogP contribution in [0.5, 0.6) is 0 Å². The standard InChI is InChI=1S/C19H21ClN4O2S/c1-3-8-21-17(25)10-22-18(26)16-9-14-12(2)23-24(19(14)27-16)11-13-6-4-5-7-15(13)20/h4-7,9H,3,8,10-11H2,1-2H3,(H,21,25)(H,22,26). The molecule has 8 heteroatoms. The van der Waals surface area contributed by atoms with E-state index in [1.165, 1.54) is 11.3 Å². The third kappa shape index (κ3) is 4.48. The molecule has 27 heavy (non-hydrogen) atoms. The molecule has 2 heterocycles. The molecule has 0 aliphatic rings. The molecule has 0 unspecified atom stereocenters. The summed E-state index contributed by atoms with van der Waals surface area (Å²) in [7, 11) is 0. The first-order valence-corrected chi connectivity index (χ1v) is 9.94. The van der Waals surface area contributed by atoms with Crippen LogP contribution in [0, 0.1) is 6.92 Å². The van der Waals surface area contributed by atoms with Crippen molar-refractivity contribution in [2.24, 2.45) is 0 Å².